The second-order valence-electron chi connectivity index (χ2n) is 5.37. The topological polar surface area (TPSA) is 94.9 Å². The van der Waals surface area contributed by atoms with Crippen LogP contribution in [-0.4, -0.2) is 48.1 Å². The van der Waals surface area contributed by atoms with Gasteiger partial charge in [-0.05, 0) is 37.0 Å². The van der Waals surface area contributed by atoms with Gasteiger partial charge in [-0.15, -0.1) is 0 Å². The van der Waals surface area contributed by atoms with Crippen molar-refractivity contribution < 1.29 is 23.4 Å². The molecule has 1 aromatic carbocycles. The average molecular weight is 313 g/mol. The summed E-state index contributed by atoms with van der Waals surface area (Å²) in [6.07, 6.45) is 0.683. The number of hydrogen-bond acceptors (Lipinski definition) is 4. The third-order valence-corrected chi connectivity index (χ3v) is 6.19. The molecule has 1 saturated heterocycles. The van der Waals surface area contributed by atoms with E-state index in [-0.39, 0.29) is 28.5 Å². The molecule has 0 bridgehead atoms. The minimum Gasteiger partial charge on any atom is -0.478 e. The molecule has 0 spiro atoms. The SMILES string of the molecule is Cc1c(C(=O)O)cccc1S(=O)(=O)N1CCC(C)C1CO. The van der Waals surface area contributed by atoms with Crippen molar-refractivity contribution in [3.8, 4) is 0 Å². The Kier molecular flexibility index (Phi) is 4.36. The summed E-state index contributed by atoms with van der Waals surface area (Å²) in [5.41, 5.74) is 0.199. The van der Waals surface area contributed by atoms with E-state index in [4.69, 9.17) is 5.11 Å². The first-order chi connectivity index (χ1) is 9.80. The van der Waals surface area contributed by atoms with Gasteiger partial charge in [-0.1, -0.05) is 13.0 Å². The van der Waals surface area contributed by atoms with Gasteiger partial charge in [-0.2, -0.15) is 4.31 Å². The van der Waals surface area contributed by atoms with Crippen LogP contribution in [0.5, 0.6) is 0 Å². The summed E-state index contributed by atoms with van der Waals surface area (Å²) in [4.78, 5) is 11.1. The van der Waals surface area contributed by atoms with Crippen LogP contribution in [0.25, 0.3) is 0 Å². The van der Waals surface area contributed by atoms with Crippen molar-refractivity contribution in [1.82, 2.24) is 4.31 Å². The van der Waals surface area contributed by atoms with Gasteiger partial charge in [0.25, 0.3) is 0 Å². The Bertz CT molecular complexity index is 655. The first-order valence-corrected chi connectivity index (χ1v) is 8.20. The van der Waals surface area contributed by atoms with Gasteiger partial charge in [0.05, 0.1) is 23.1 Å². The third kappa shape index (κ3) is 2.68. The summed E-state index contributed by atoms with van der Waals surface area (Å²) in [5, 5.41) is 18.5. The van der Waals surface area contributed by atoms with E-state index < -0.39 is 22.0 Å². The molecule has 21 heavy (non-hydrogen) atoms. The average Bonchev–Trinajstić information content (AvgIpc) is 2.80. The molecule has 116 valence electrons. The zero-order chi connectivity index (χ0) is 15.8. The molecule has 0 radical (unpaired) electrons. The van der Waals surface area contributed by atoms with Crippen LogP contribution in [0.15, 0.2) is 23.1 Å². The Balaban J connectivity index is 2.50. The highest BCUT2D eigenvalue weighted by atomic mass is 32.2. The number of aromatic carboxylic acids is 1. The molecule has 1 heterocycles. The first-order valence-electron chi connectivity index (χ1n) is 6.76. The maximum Gasteiger partial charge on any atom is 0.335 e. The molecule has 0 aliphatic carbocycles. The molecule has 1 aromatic rings. The van der Waals surface area contributed by atoms with Crippen LogP contribution in [0, 0.1) is 12.8 Å². The Hall–Kier alpha value is -1.44. The predicted octanol–water partition coefficient (Wildman–Crippen LogP) is 1.08. The molecule has 0 amide bonds. The molecule has 2 rings (SSSR count). The number of benzene rings is 1. The number of aliphatic hydroxyl groups excluding tert-OH is 1. The predicted molar refractivity (Wildman–Crippen MR) is 76.7 cm³/mol. The Morgan fingerprint density at radius 2 is 2.10 bits per heavy atom. The summed E-state index contributed by atoms with van der Waals surface area (Å²) in [6, 6.07) is 3.76. The fourth-order valence-corrected chi connectivity index (χ4v) is 4.77. The van der Waals surface area contributed by atoms with Crippen molar-refractivity contribution in [3.63, 3.8) is 0 Å². The van der Waals surface area contributed by atoms with Crippen LogP contribution >= 0.6 is 0 Å². The Labute approximate surface area is 124 Å². The number of nitrogens with zero attached hydrogens (tertiary/aromatic N) is 1. The van der Waals surface area contributed by atoms with Crippen molar-refractivity contribution >= 4 is 16.0 Å². The number of aliphatic hydroxyl groups is 1. The van der Waals surface area contributed by atoms with Gasteiger partial charge in [0.2, 0.25) is 10.0 Å². The molecule has 0 aromatic heterocycles. The van der Waals surface area contributed by atoms with Gasteiger partial charge in [-0.25, -0.2) is 13.2 Å². The van der Waals surface area contributed by atoms with Gasteiger partial charge in [0.1, 0.15) is 0 Å². The Morgan fingerprint density at radius 3 is 2.67 bits per heavy atom. The Morgan fingerprint density at radius 1 is 1.43 bits per heavy atom. The number of rotatable bonds is 4. The second kappa shape index (κ2) is 5.75. The molecule has 7 heteroatoms. The fraction of sp³-hybridized carbons (Fsp3) is 0.500. The van der Waals surface area contributed by atoms with Gasteiger partial charge in [0, 0.05) is 6.54 Å². The molecule has 2 unspecified atom stereocenters. The van der Waals surface area contributed by atoms with E-state index in [0.29, 0.717) is 13.0 Å². The van der Waals surface area contributed by atoms with Crippen LogP contribution in [0.4, 0.5) is 0 Å². The van der Waals surface area contributed by atoms with Crippen molar-refractivity contribution in [3.05, 3.63) is 29.3 Å². The molecule has 1 fully saturated rings. The van der Waals surface area contributed by atoms with E-state index in [0.717, 1.165) is 0 Å². The van der Waals surface area contributed by atoms with E-state index in [1.54, 1.807) is 0 Å². The van der Waals surface area contributed by atoms with Crippen molar-refractivity contribution in [1.29, 1.82) is 0 Å². The number of carbonyl (C=O) groups is 1. The smallest absolute Gasteiger partial charge is 0.335 e. The minimum atomic E-state index is -3.81. The lowest BCUT2D eigenvalue weighted by molar-refractivity contribution is 0.0695. The van der Waals surface area contributed by atoms with Crippen LogP contribution < -0.4 is 0 Å². The molecular weight excluding hydrogens is 294 g/mol. The number of carboxylic acids is 1. The summed E-state index contributed by atoms with van der Waals surface area (Å²) in [6.45, 7) is 3.49. The summed E-state index contributed by atoms with van der Waals surface area (Å²) in [5.74, 6) is -1.08. The van der Waals surface area contributed by atoms with Gasteiger partial charge < -0.3 is 10.2 Å². The van der Waals surface area contributed by atoms with Crippen molar-refractivity contribution in [2.75, 3.05) is 13.2 Å². The van der Waals surface area contributed by atoms with E-state index >= 15 is 0 Å². The summed E-state index contributed by atoms with van der Waals surface area (Å²) >= 11 is 0. The fourth-order valence-electron chi connectivity index (χ4n) is 2.79. The highest BCUT2D eigenvalue weighted by Crippen LogP contribution is 2.31. The van der Waals surface area contributed by atoms with Crippen molar-refractivity contribution in [2.45, 2.75) is 31.2 Å². The van der Waals surface area contributed by atoms with Crippen LogP contribution in [0.1, 0.15) is 29.3 Å². The van der Waals surface area contributed by atoms with E-state index in [9.17, 15) is 18.3 Å². The van der Waals surface area contributed by atoms with Crippen molar-refractivity contribution in [2.24, 2.45) is 5.92 Å². The largest absolute Gasteiger partial charge is 0.478 e. The highest BCUT2D eigenvalue weighted by Gasteiger charge is 2.40. The van der Waals surface area contributed by atoms with Crippen LogP contribution in [-0.2, 0) is 10.0 Å². The maximum atomic E-state index is 12.8. The van der Waals surface area contributed by atoms with E-state index in [2.05, 4.69) is 0 Å². The molecule has 1 aliphatic rings. The minimum absolute atomic E-state index is 0.00468. The van der Waals surface area contributed by atoms with Gasteiger partial charge in [0.15, 0.2) is 0 Å². The normalized spacial score (nSPS) is 23.4. The number of sulfonamides is 1. The standard InChI is InChI=1S/C14H19NO5S/c1-9-6-7-15(12(9)8-16)21(19,20)13-5-3-4-11(10(13)2)14(17)18/h3-5,9,12,16H,6-8H2,1-2H3,(H,17,18). The lowest BCUT2D eigenvalue weighted by Crippen LogP contribution is -2.40. The van der Waals surface area contributed by atoms with Gasteiger partial charge in [-0.3, -0.25) is 0 Å². The molecule has 0 saturated carbocycles. The molecular formula is C14H19NO5S. The zero-order valence-electron chi connectivity index (χ0n) is 12.0. The molecule has 2 N–H and O–H groups in total. The summed E-state index contributed by atoms with van der Waals surface area (Å²) in [7, 11) is -3.81. The maximum absolute atomic E-state index is 12.8. The zero-order valence-corrected chi connectivity index (χ0v) is 12.8. The highest BCUT2D eigenvalue weighted by molar-refractivity contribution is 7.89. The third-order valence-electron chi connectivity index (χ3n) is 4.12. The van der Waals surface area contributed by atoms with Crippen LogP contribution in [0.2, 0.25) is 0 Å². The van der Waals surface area contributed by atoms with E-state index in [1.165, 1.54) is 29.4 Å². The first kappa shape index (κ1) is 15.9. The molecule has 2 atom stereocenters. The quantitative estimate of drug-likeness (QED) is 0.867. The lowest BCUT2D eigenvalue weighted by atomic mass is 10.0. The van der Waals surface area contributed by atoms with Crippen LogP contribution in [0.3, 0.4) is 0 Å². The molecule has 1 aliphatic heterocycles. The summed E-state index contributed by atoms with van der Waals surface area (Å²) < 4.78 is 26.8. The molecule has 6 nitrogen and oxygen atoms in total. The van der Waals surface area contributed by atoms with Gasteiger partial charge >= 0.3 is 5.97 Å². The van der Waals surface area contributed by atoms with E-state index in [1.807, 2.05) is 6.92 Å². The lowest BCUT2D eigenvalue weighted by Gasteiger charge is -2.25. The number of carboxylic acid groups (broad SMARTS) is 1. The number of hydrogen-bond donors (Lipinski definition) is 2. The second-order valence-corrected chi connectivity index (χ2v) is 7.22. The monoisotopic (exact) mass is 313 g/mol.